The smallest absolute Gasteiger partial charge is 0.410 e. The van der Waals surface area contributed by atoms with Crippen LogP contribution in [0.3, 0.4) is 0 Å². The number of carbonyl (C=O) groups is 4. The van der Waals surface area contributed by atoms with Crippen LogP contribution in [0.2, 0.25) is 0 Å². The Hall–Kier alpha value is -4.08. The fraction of sp³-hybridized carbons (Fsp3) is 0.500. The summed E-state index contributed by atoms with van der Waals surface area (Å²) < 4.78 is 34.5. The highest BCUT2D eigenvalue weighted by Gasteiger charge is 2.61. The molecule has 1 aliphatic carbocycles. The fourth-order valence-electron chi connectivity index (χ4n) is 7.55. The molecule has 1 N–H and O–H groups in total. The number of aryl methyl sites for hydroxylation is 1. The first-order valence-electron chi connectivity index (χ1n) is 16.2. The van der Waals surface area contributed by atoms with Gasteiger partial charge < -0.3 is 14.7 Å². The molecular weight excluding hydrogens is 594 g/mol. The summed E-state index contributed by atoms with van der Waals surface area (Å²) >= 11 is 0. The molecule has 2 amide bonds. The zero-order chi connectivity index (χ0) is 32.6. The number of amides is 2. The van der Waals surface area contributed by atoms with Crippen molar-refractivity contribution in [2.24, 2.45) is 17.3 Å². The maximum atomic E-state index is 14.3. The van der Waals surface area contributed by atoms with Crippen LogP contribution in [0.25, 0.3) is 0 Å². The molecule has 1 saturated heterocycles. The molecule has 4 aliphatic rings. The number of carboxylic acids is 1. The van der Waals surface area contributed by atoms with E-state index in [1.807, 2.05) is 18.2 Å². The van der Waals surface area contributed by atoms with Gasteiger partial charge >= 0.3 is 12.1 Å². The van der Waals surface area contributed by atoms with Gasteiger partial charge in [0, 0.05) is 30.9 Å². The van der Waals surface area contributed by atoms with E-state index in [0.29, 0.717) is 29.5 Å². The van der Waals surface area contributed by atoms with Crippen LogP contribution in [-0.4, -0.2) is 57.3 Å². The maximum Gasteiger partial charge on any atom is 0.410 e. The van der Waals surface area contributed by atoms with E-state index in [9.17, 15) is 33.1 Å². The Kier molecular flexibility index (Phi) is 8.99. The van der Waals surface area contributed by atoms with Crippen molar-refractivity contribution >= 4 is 23.8 Å². The van der Waals surface area contributed by atoms with Gasteiger partial charge in [0.1, 0.15) is 17.7 Å². The van der Waals surface area contributed by atoms with Gasteiger partial charge in [-0.05, 0) is 79.8 Å². The molecule has 0 bridgehead atoms. The molecule has 244 valence electrons. The van der Waals surface area contributed by atoms with Crippen molar-refractivity contribution < 1.29 is 37.8 Å². The third-order valence-electron chi connectivity index (χ3n) is 10.1. The van der Waals surface area contributed by atoms with Gasteiger partial charge in [-0.15, -0.1) is 0 Å². The second-order valence-corrected chi connectivity index (χ2v) is 13.5. The lowest BCUT2D eigenvalue weighted by Crippen LogP contribution is -2.45. The van der Waals surface area contributed by atoms with E-state index in [0.717, 1.165) is 31.2 Å². The zero-order valence-corrected chi connectivity index (χ0v) is 26.1. The molecule has 10 heteroatoms. The summed E-state index contributed by atoms with van der Waals surface area (Å²) in [7, 11) is 0. The molecule has 2 aromatic carbocycles. The fourth-order valence-corrected chi connectivity index (χ4v) is 7.55. The van der Waals surface area contributed by atoms with Crippen molar-refractivity contribution in [2.45, 2.75) is 89.9 Å². The lowest BCUT2D eigenvalue weighted by Gasteiger charge is -2.29. The average molecular weight is 635 g/mol. The quantitative estimate of drug-likeness (QED) is 0.407. The van der Waals surface area contributed by atoms with Crippen molar-refractivity contribution in [3.63, 3.8) is 0 Å². The standard InChI is InChI=1S/C36H40F2N2O6/c1-22-12-23(15-27(37)13-22)14-24-8-5-3-2-4-6-10-26-17-36(26,34(43)44)18-32(41)31-16-28(20-40(31)33(24)42)46-35(45)39-19-25-9-7-11-30(38)29(25)21-39/h6-7,9-13,15,24,26,28,31H,2-5,8,14,16-21H2,1H3,(H,43,44)/b10-6-/t24-,26+,28-,31+,36-/m1/s1. The molecule has 0 unspecified atom stereocenters. The summed E-state index contributed by atoms with van der Waals surface area (Å²) in [6.07, 6.45) is 6.77. The highest BCUT2D eigenvalue weighted by molar-refractivity contribution is 5.95. The van der Waals surface area contributed by atoms with E-state index >= 15 is 0 Å². The summed E-state index contributed by atoms with van der Waals surface area (Å²) in [6.45, 7) is 2.03. The van der Waals surface area contributed by atoms with E-state index < -0.39 is 41.4 Å². The number of hydrogen-bond acceptors (Lipinski definition) is 5. The summed E-state index contributed by atoms with van der Waals surface area (Å²) in [5.41, 5.74) is 1.36. The minimum atomic E-state index is -1.21. The number of nitrogens with zero attached hydrogens (tertiary/aromatic N) is 2. The number of ketones is 1. The Bertz CT molecular complexity index is 1560. The highest BCUT2D eigenvalue weighted by Crippen LogP contribution is 2.57. The van der Waals surface area contributed by atoms with Crippen molar-refractivity contribution in [1.29, 1.82) is 0 Å². The summed E-state index contributed by atoms with van der Waals surface area (Å²) in [5.74, 6) is -3.23. The molecule has 2 aromatic rings. The van der Waals surface area contributed by atoms with E-state index in [1.165, 1.54) is 28.0 Å². The minimum absolute atomic E-state index is 0.0157. The number of ether oxygens (including phenoxy) is 1. The normalized spacial score (nSPS) is 28.8. The Morgan fingerprint density at radius 3 is 2.67 bits per heavy atom. The van der Waals surface area contributed by atoms with E-state index in [2.05, 4.69) is 0 Å². The molecule has 0 spiro atoms. The van der Waals surface area contributed by atoms with Crippen molar-refractivity contribution in [2.75, 3.05) is 6.54 Å². The Labute approximate surface area is 267 Å². The number of halogens is 2. The van der Waals surface area contributed by atoms with Gasteiger partial charge in [0.25, 0.3) is 0 Å². The first-order chi connectivity index (χ1) is 22.0. The van der Waals surface area contributed by atoms with E-state index in [-0.39, 0.29) is 62.3 Å². The molecule has 46 heavy (non-hydrogen) atoms. The third kappa shape index (κ3) is 6.57. The summed E-state index contributed by atoms with van der Waals surface area (Å²) in [5, 5.41) is 10.1. The number of rotatable bonds is 4. The number of benzene rings is 2. The first-order valence-corrected chi connectivity index (χ1v) is 16.2. The number of carbonyl (C=O) groups excluding carboxylic acids is 3. The Morgan fingerprint density at radius 1 is 1.09 bits per heavy atom. The number of allylic oxidation sites excluding steroid dienone is 2. The van der Waals surface area contributed by atoms with Gasteiger partial charge in [0.05, 0.1) is 24.5 Å². The number of carboxylic acid groups (broad SMARTS) is 1. The second-order valence-electron chi connectivity index (χ2n) is 13.5. The average Bonchev–Trinajstić information content (AvgIpc) is 3.31. The Balaban J connectivity index is 1.25. The third-order valence-corrected chi connectivity index (χ3v) is 10.1. The highest BCUT2D eigenvalue weighted by atomic mass is 19.1. The molecule has 5 atom stereocenters. The van der Waals surface area contributed by atoms with E-state index in [4.69, 9.17) is 4.74 Å². The van der Waals surface area contributed by atoms with Crippen LogP contribution in [0, 0.1) is 35.8 Å². The number of fused-ring (bicyclic) bond motifs is 3. The molecule has 2 fully saturated rings. The van der Waals surface area contributed by atoms with Crippen LogP contribution in [0.5, 0.6) is 0 Å². The van der Waals surface area contributed by atoms with Crippen LogP contribution < -0.4 is 0 Å². The summed E-state index contributed by atoms with van der Waals surface area (Å²) in [6, 6.07) is 8.45. The molecule has 0 radical (unpaired) electrons. The molecular formula is C36H40F2N2O6. The van der Waals surface area contributed by atoms with Crippen LogP contribution in [-0.2, 0) is 38.6 Å². The monoisotopic (exact) mass is 634 g/mol. The second kappa shape index (κ2) is 13.0. The Morgan fingerprint density at radius 2 is 1.91 bits per heavy atom. The summed E-state index contributed by atoms with van der Waals surface area (Å²) in [4.78, 5) is 56.8. The number of Topliss-reactive ketones (excluding diaryl/α,β-unsaturated/α-hetero) is 1. The van der Waals surface area contributed by atoms with Crippen molar-refractivity contribution in [3.05, 3.63) is 82.4 Å². The van der Waals surface area contributed by atoms with Gasteiger partial charge in [-0.1, -0.05) is 43.2 Å². The largest absolute Gasteiger partial charge is 0.481 e. The molecule has 3 aliphatic heterocycles. The first kappa shape index (κ1) is 31.9. The van der Waals surface area contributed by atoms with Crippen molar-refractivity contribution in [3.8, 4) is 0 Å². The molecule has 3 heterocycles. The molecule has 0 aromatic heterocycles. The molecule has 6 rings (SSSR count). The lowest BCUT2D eigenvalue weighted by molar-refractivity contribution is -0.147. The number of hydrogen-bond donors (Lipinski definition) is 1. The van der Waals surface area contributed by atoms with Gasteiger partial charge in [0.15, 0.2) is 5.78 Å². The minimum Gasteiger partial charge on any atom is -0.481 e. The van der Waals surface area contributed by atoms with E-state index in [1.54, 1.807) is 19.1 Å². The predicted octanol–water partition coefficient (Wildman–Crippen LogP) is 6.12. The van der Waals surface area contributed by atoms with Gasteiger partial charge in [-0.3, -0.25) is 19.3 Å². The van der Waals surface area contributed by atoms with Gasteiger partial charge in [0.2, 0.25) is 5.91 Å². The van der Waals surface area contributed by atoms with Crippen LogP contribution in [0.4, 0.5) is 13.6 Å². The van der Waals surface area contributed by atoms with Crippen LogP contribution in [0.15, 0.2) is 48.6 Å². The SMILES string of the molecule is Cc1cc(F)cc(C[C@H]2CCCCC/C=C\[C@H]3C[C@@]3(C(=O)O)CC(=O)[C@@H]3C[C@@H](OC(=O)N4Cc5cccc(F)c5C4)CN3C2=O)c1. The van der Waals surface area contributed by atoms with Crippen molar-refractivity contribution in [1.82, 2.24) is 9.80 Å². The predicted molar refractivity (Wildman–Crippen MR) is 164 cm³/mol. The van der Waals surface area contributed by atoms with Gasteiger partial charge in [-0.25, -0.2) is 13.6 Å². The van der Waals surface area contributed by atoms with Gasteiger partial charge in [-0.2, -0.15) is 0 Å². The van der Waals surface area contributed by atoms with Crippen LogP contribution >= 0.6 is 0 Å². The van der Waals surface area contributed by atoms with Crippen LogP contribution in [0.1, 0.15) is 73.6 Å². The maximum absolute atomic E-state index is 14.3. The molecule has 1 saturated carbocycles. The number of aliphatic carboxylic acids is 1. The lowest BCUT2D eigenvalue weighted by atomic mass is 9.90. The zero-order valence-electron chi connectivity index (χ0n) is 26.1. The topological polar surface area (TPSA) is 104 Å². The molecule has 8 nitrogen and oxygen atoms in total.